The Balaban J connectivity index is 1.72. The lowest BCUT2D eigenvalue weighted by Gasteiger charge is -2.25. The molecule has 2 heteroatoms. The van der Waals surface area contributed by atoms with Gasteiger partial charge in [-0.25, -0.2) is 0 Å². The van der Waals surface area contributed by atoms with Crippen molar-refractivity contribution >= 4 is 21.8 Å². The third kappa shape index (κ3) is 4.15. The van der Waals surface area contributed by atoms with Gasteiger partial charge in [-0.15, -0.1) is 0 Å². The maximum absolute atomic E-state index is 2.47. The minimum Gasteiger partial charge on any atom is -0.313 e. The summed E-state index contributed by atoms with van der Waals surface area (Å²) in [5, 5.41) is 2.54. The van der Waals surface area contributed by atoms with Crippen molar-refractivity contribution < 1.29 is 0 Å². The van der Waals surface area contributed by atoms with Gasteiger partial charge in [0.2, 0.25) is 0 Å². The van der Waals surface area contributed by atoms with E-state index in [0.29, 0.717) is 0 Å². The van der Waals surface area contributed by atoms with Crippen molar-refractivity contribution in [2.75, 3.05) is 0 Å². The van der Waals surface area contributed by atoms with Gasteiger partial charge in [0.1, 0.15) is 0 Å². The zero-order chi connectivity index (χ0) is 26.7. The molecule has 0 aliphatic rings. The average molecular weight is 497 g/mol. The predicted octanol–water partition coefficient (Wildman–Crippen LogP) is 9.84. The average Bonchev–Trinajstić information content (AvgIpc) is 3.49. The van der Waals surface area contributed by atoms with Gasteiger partial charge in [-0.05, 0) is 53.6 Å². The van der Waals surface area contributed by atoms with E-state index in [9.17, 15) is 0 Å². The summed E-state index contributed by atoms with van der Waals surface area (Å²) >= 11 is 0. The van der Waals surface area contributed by atoms with Gasteiger partial charge in [-0.1, -0.05) is 108 Å². The lowest BCUT2D eigenvalue weighted by atomic mass is 9.91. The summed E-state index contributed by atoms with van der Waals surface area (Å²) in [6.45, 7) is 13.8. The Hall–Kier alpha value is -4.04. The summed E-state index contributed by atoms with van der Waals surface area (Å²) < 4.78 is 4.93. The lowest BCUT2D eigenvalue weighted by Crippen LogP contribution is -2.18. The quantitative estimate of drug-likeness (QED) is 0.231. The first-order valence-corrected chi connectivity index (χ1v) is 13.5. The van der Waals surface area contributed by atoms with E-state index in [1.807, 2.05) is 0 Å². The van der Waals surface area contributed by atoms with Crippen molar-refractivity contribution in [2.45, 2.75) is 52.4 Å². The van der Waals surface area contributed by atoms with Crippen LogP contribution in [0.15, 0.2) is 109 Å². The molecule has 0 unspecified atom stereocenters. The second kappa shape index (κ2) is 8.77. The molecule has 190 valence electrons. The monoisotopic (exact) mass is 496 g/mol. The van der Waals surface area contributed by atoms with Gasteiger partial charge in [-0.3, -0.25) is 0 Å². The second-order valence-corrected chi connectivity index (χ2v) is 12.5. The molecule has 38 heavy (non-hydrogen) atoms. The first-order valence-electron chi connectivity index (χ1n) is 13.5. The van der Waals surface area contributed by atoms with E-state index < -0.39 is 0 Å². The van der Waals surface area contributed by atoms with Crippen LogP contribution in [0, 0.1) is 0 Å². The predicted molar refractivity (Wildman–Crippen MR) is 163 cm³/mol. The summed E-state index contributed by atoms with van der Waals surface area (Å²) in [5.41, 5.74) is 9.87. The highest BCUT2D eigenvalue weighted by Gasteiger charge is 2.25. The maximum atomic E-state index is 2.47. The number of para-hydroxylation sites is 2. The van der Waals surface area contributed by atoms with Gasteiger partial charge in [0, 0.05) is 44.4 Å². The molecule has 0 spiro atoms. The molecular weight excluding hydrogens is 460 g/mol. The van der Waals surface area contributed by atoms with E-state index in [1.54, 1.807) is 0 Å². The largest absolute Gasteiger partial charge is 0.313 e. The number of nitrogens with zero attached hydrogens (tertiary/aromatic N) is 2. The number of fused-ring (bicyclic) bond motifs is 2. The summed E-state index contributed by atoms with van der Waals surface area (Å²) in [6.07, 6.45) is 0. The standard InChI is InChI=1S/C36H36N2/c1-35(2,3)33-22-26-16-10-12-18-31(26)37(33)29-20-28(25-14-8-7-9-15-25)21-30(24-29)38-32-19-13-11-17-27(32)23-34(38)36(4,5)6/h7-24H,1-6H3. The van der Waals surface area contributed by atoms with Crippen LogP contribution in [0.3, 0.4) is 0 Å². The summed E-state index contributed by atoms with van der Waals surface area (Å²) in [5.74, 6) is 0. The van der Waals surface area contributed by atoms with Crippen molar-refractivity contribution in [1.82, 2.24) is 9.13 Å². The SMILES string of the molecule is CC(C)(C)c1cc2ccccc2n1-c1cc(-c2ccccc2)cc(-n2c(C(C)(C)C)cc3ccccc32)c1. The summed E-state index contributed by atoms with van der Waals surface area (Å²) in [4.78, 5) is 0. The zero-order valence-electron chi connectivity index (χ0n) is 23.3. The highest BCUT2D eigenvalue weighted by Crippen LogP contribution is 2.38. The fourth-order valence-electron chi connectivity index (χ4n) is 5.62. The Morgan fingerprint density at radius 1 is 0.421 bits per heavy atom. The molecule has 6 aromatic rings. The Bertz CT molecular complexity index is 1660. The first kappa shape index (κ1) is 24.3. The Labute approximate surface area is 226 Å². The highest BCUT2D eigenvalue weighted by atomic mass is 15.0. The van der Waals surface area contributed by atoms with Crippen LogP contribution in [0.2, 0.25) is 0 Å². The Morgan fingerprint density at radius 3 is 1.29 bits per heavy atom. The molecule has 0 fully saturated rings. The van der Waals surface area contributed by atoms with Crippen LogP contribution in [-0.2, 0) is 10.8 Å². The fourth-order valence-corrected chi connectivity index (χ4v) is 5.62. The number of benzene rings is 4. The van der Waals surface area contributed by atoms with Crippen LogP contribution in [0.5, 0.6) is 0 Å². The molecular formula is C36H36N2. The minimum absolute atomic E-state index is 0.0152. The van der Waals surface area contributed by atoms with Crippen LogP contribution in [0.4, 0.5) is 0 Å². The molecule has 0 radical (unpaired) electrons. The smallest absolute Gasteiger partial charge is 0.0531 e. The molecule has 0 saturated heterocycles. The molecule has 4 aromatic carbocycles. The minimum atomic E-state index is -0.0152. The zero-order valence-corrected chi connectivity index (χ0v) is 23.3. The van der Waals surface area contributed by atoms with Gasteiger partial charge in [-0.2, -0.15) is 0 Å². The highest BCUT2D eigenvalue weighted by molar-refractivity contribution is 5.86. The van der Waals surface area contributed by atoms with Crippen LogP contribution in [0.25, 0.3) is 44.3 Å². The van der Waals surface area contributed by atoms with Crippen LogP contribution >= 0.6 is 0 Å². The third-order valence-corrected chi connectivity index (χ3v) is 7.48. The first-order chi connectivity index (χ1) is 18.1. The van der Waals surface area contributed by atoms with Crippen molar-refractivity contribution in [3.63, 3.8) is 0 Å². The molecule has 2 nitrogen and oxygen atoms in total. The number of rotatable bonds is 3. The molecule has 0 aliphatic heterocycles. The molecule has 0 amide bonds. The number of hydrogen-bond donors (Lipinski definition) is 0. The maximum Gasteiger partial charge on any atom is 0.0531 e. The normalized spacial score (nSPS) is 12.5. The van der Waals surface area contributed by atoms with Crippen LogP contribution in [0.1, 0.15) is 52.9 Å². The van der Waals surface area contributed by atoms with Crippen LogP contribution < -0.4 is 0 Å². The molecule has 0 N–H and O–H groups in total. The van der Waals surface area contributed by atoms with Crippen molar-refractivity contribution in [3.05, 3.63) is 121 Å². The third-order valence-electron chi connectivity index (χ3n) is 7.48. The van der Waals surface area contributed by atoms with Crippen molar-refractivity contribution in [1.29, 1.82) is 0 Å². The number of aromatic nitrogens is 2. The lowest BCUT2D eigenvalue weighted by molar-refractivity contribution is 0.558. The van der Waals surface area contributed by atoms with Crippen LogP contribution in [-0.4, -0.2) is 9.13 Å². The Morgan fingerprint density at radius 2 is 0.842 bits per heavy atom. The Kier molecular flexibility index (Phi) is 5.61. The molecule has 0 saturated carbocycles. The van der Waals surface area contributed by atoms with Gasteiger partial charge in [0.15, 0.2) is 0 Å². The van der Waals surface area contributed by atoms with Crippen molar-refractivity contribution in [3.8, 4) is 22.5 Å². The van der Waals surface area contributed by atoms with Crippen molar-refractivity contribution in [2.24, 2.45) is 0 Å². The number of hydrogen-bond acceptors (Lipinski definition) is 0. The molecule has 0 bridgehead atoms. The van der Waals surface area contributed by atoms with E-state index in [2.05, 4.69) is 160 Å². The molecule has 0 atom stereocenters. The van der Waals surface area contributed by atoms with E-state index >= 15 is 0 Å². The summed E-state index contributed by atoms with van der Waals surface area (Å²) in [7, 11) is 0. The second-order valence-electron chi connectivity index (χ2n) is 12.5. The topological polar surface area (TPSA) is 9.86 Å². The van der Waals surface area contributed by atoms with Gasteiger partial charge < -0.3 is 9.13 Å². The van der Waals surface area contributed by atoms with E-state index in [1.165, 1.54) is 55.7 Å². The van der Waals surface area contributed by atoms with E-state index in [4.69, 9.17) is 0 Å². The molecule has 6 rings (SSSR count). The molecule has 0 aliphatic carbocycles. The van der Waals surface area contributed by atoms with Gasteiger partial charge in [0.05, 0.1) is 11.0 Å². The molecule has 2 heterocycles. The van der Waals surface area contributed by atoms with Gasteiger partial charge in [0.25, 0.3) is 0 Å². The van der Waals surface area contributed by atoms with E-state index in [-0.39, 0.29) is 10.8 Å². The molecule has 2 aromatic heterocycles. The fraction of sp³-hybridized carbons (Fsp3) is 0.222. The van der Waals surface area contributed by atoms with E-state index in [0.717, 1.165) is 0 Å². The summed E-state index contributed by atoms with van der Waals surface area (Å²) in [6, 6.07) is 40.0. The van der Waals surface area contributed by atoms with Gasteiger partial charge >= 0.3 is 0 Å².